The van der Waals surface area contributed by atoms with E-state index in [1.165, 1.54) is 29.6 Å². The fraction of sp³-hybridized carbons (Fsp3) is 0.500. The van der Waals surface area contributed by atoms with Gasteiger partial charge in [-0.05, 0) is 94.5 Å². The maximum absolute atomic E-state index is 16.0. The molecular weight excluding hydrogens is 1080 g/mol. The first-order valence-corrected chi connectivity index (χ1v) is 25.0. The summed E-state index contributed by atoms with van der Waals surface area (Å²) in [6, 6.07) is 5.22. The van der Waals surface area contributed by atoms with Crippen molar-refractivity contribution < 1.29 is 82.8 Å². The summed E-state index contributed by atoms with van der Waals surface area (Å²) in [4.78, 5) is 61.6. The van der Waals surface area contributed by atoms with Crippen LogP contribution in [0.3, 0.4) is 0 Å². The summed E-state index contributed by atoms with van der Waals surface area (Å²) < 4.78 is 155. The molecule has 4 aromatic rings. The first-order valence-electron chi connectivity index (χ1n) is 25.0. The van der Waals surface area contributed by atoms with Crippen molar-refractivity contribution in [3.05, 3.63) is 101 Å². The van der Waals surface area contributed by atoms with Gasteiger partial charge in [-0.3, -0.25) is 19.9 Å². The fourth-order valence-electron chi connectivity index (χ4n) is 9.53. The van der Waals surface area contributed by atoms with Gasteiger partial charge < -0.3 is 40.5 Å². The number of carbonyl (C=O) groups is 4. The predicted octanol–water partition coefficient (Wildman–Crippen LogP) is 6.53. The van der Waals surface area contributed by atoms with E-state index < -0.39 is 115 Å². The Hall–Kier alpha value is -7.22. The van der Waals surface area contributed by atoms with E-state index in [9.17, 15) is 64.5 Å². The summed E-state index contributed by atoms with van der Waals surface area (Å²) >= 11 is 0. The van der Waals surface area contributed by atoms with E-state index in [0.717, 1.165) is 64.5 Å². The van der Waals surface area contributed by atoms with E-state index in [4.69, 9.17) is 9.72 Å². The standard InChI is InChI=1S/C52H58F10N10O8/c1-49(2,51(57,58)59)42(67-48(78)79-5)44(74)65-39(16-29-9-6-28(7-10-29)8-11-30-12-15-41(63-19-30)72-33-13-14-34(72)23-69(22-33)35-26-80-27-35)40(73)25-70(68-45(75)43(66-47(76)77)50(3,4)52(60,61)62)24-36-37(53)17-31(18-38(36)54)32-20-64-71(21-32)46(55)56/h6-7,9-10,12,15,17-21,33-35,39-40,42-43,46,66,73H,13-14,16,22-27H2,1-5H3,(H,65,74)(H,67,78)(H,68,75)(H,76,77)/t33?,34?,39-,40-,42+,43+/m0/s1. The topological polar surface area (TPSA) is 216 Å². The minimum absolute atomic E-state index is 0.186. The van der Waals surface area contributed by atoms with Gasteiger partial charge in [0.25, 0.3) is 5.91 Å². The maximum atomic E-state index is 16.0. The van der Waals surface area contributed by atoms with Crippen molar-refractivity contribution in [1.29, 1.82) is 0 Å². The van der Waals surface area contributed by atoms with Gasteiger partial charge in [-0.15, -0.1) is 0 Å². The Morgan fingerprint density at radius 2 is 1.38 bits per heavy atom. The van der Waals surface area contributed by atoms with Crippen molar-refractivity contribution in [3.8, 4) is 23.0 Å². The number of amides is 4. The molecule has 434 valence electrons. The number of anilines is 1. The molecule has 28 heteroatoms. The molecule has 80 heavy (non-hydrogen) atoms. The lowest BCUT2D eigenvalue weighted by molar-refractivity contribution is -0.221. The van der Waals surface area contributed by atoms with E-state index in [1.807, 2.05) is 22.9 Å². The van der Waals surface area contributed by atoms with Crippen molar-refractivity contribution in [1.82, 2.24) is 46.0 Å². The first-order chi connectivity index (χ1) is 37.5. The number of alkyl carbamates (subject to hydrolysis) is 1. The average Bonchev–Trinajstić information content (AvgIpc) is 3.99. The minimum atomic E-state index is -5.28. The number of hydrogen-bond donors (Lipinski definition) is 6. The zero-order chi connectivity index (χ0) is 58.6. The van der Waals surface area contributed by atoms with E-state index in [2.05, 4.69) is 36.8 Å². The van der Waals surface area contributed by atoms with Gasteiger partial charge in [-0.1, -0.05) is 24.0 Å². The molecule has 3 aliphatic heterocycles. The SMILES string of the molecule is COC(=O)N[C@H](C(=O)N[C@@H](Cc1ccc(C#Cc2ccc(N3C4CCC3CN(C3COC3)C4)nc2)cc1)[C@@H](O)CN(Cc1c(F)cc(-c2cnn(C(F)F)c2)cc1F)NC(=O)[C@@H](NC(=O)O)C(C)(C)C(F)(F)F)C(C)(C)C(F)(F)F. The number of carboxylic acid groups (broad SMARTS) is 1. The number of hydrogen-bond acceptors (Lipinski definition) is 12. The molecule has 2 aromatic heterocycles. The molecule has 2 aromatic carbocycles. The van der Waals surface area contributed by atoms with Crippen LogP contribution in [-0.2, 0) is 32.0 Å². The largest absolute Gasteiger partial charge is 0.465 e. The Labute approximate surface area is 452 Å². The van der Waals surface area contributed by atoms with Crippen LogP contribution in [0.2, 0.25) is 0 Å². The zero-order valence-corrected chi connectivity index (χ0v) is 43.6. The van der Waals surface area contributed by atoms with Crippen LogP contribution in [0.15, 0.2) is 67.1 Å². The van der Waals surface area contributed by atoms with Crippen LogP contribution < -0.4 is 26.3 Å². The van der Waals surface area contributed by atoms with Crippen LogP contribution in [0.25, 0.3) is 11.1 Å². The maximum Gasteiger partial charge on any atom is 0.407 e. The highest BCUT2D eigenvalue weighted by Gasteiger charge is 2.57. The third-order valence-electron chi connectivity index (χ3n) is 14.7. The second kappa shape index (κ2) is 24.2. The number of nitrogens with one attached hydrogen (secondary N) is 4. The van der Waals surface area contributed by atoms with Gasteiger partial charge in [-0.25, -0.2) is 33.0 Å². The molecule has 5 heterocycles. The Kier molecular flexibility index (Phi) is 18.3. The number of aromatic nitrogens is 3. The summed E-state index contributed by atoms with van der Waals surface area (Å²) in [6.45, 7) is -0.0418. The number of carbonyl (C=O) groups excluding carboxylic acids is 3. The summed E-state index contributed by atoms with van der Waals surface area (Å²) in [5.41, 5.74) is -4.46. The molecule has 0 saturated carbocycles. The normalized spacial score (nSPS) is 18.6. The lowest BCUT2D eigenvalue weighted by atomic mass is 9.82. The number of benzene rings is 2. The van der Waals surface area contributed by atoms with Gasteiger partial charge in [0, 0.05) is 72.9 Å². The number of halogens is 10. The van der Waals surface area contributed by atoms with Crippen LogP contribution in [0.5, 0.6) is 0 Å². The molecule has 18 nitrogen and oxygen atoms in total. The molecule has 3 saturated heterocycles. The summed E-state index contributed by atoms with van der Waals surface area (Å²) in [7, 11) is 0.812. The van der Waals surface area contributed by atoms with Crippen molar-refractivity contribution >= 4 is 29.8 Å². The third kappa shape index (κ3) is 13.8. The molecule has 0 spiro atoms. The van der Waals surface area contributed by atoms with E-state index in [0.29, 0.717) is 74.1 Å². The number of fused-ring (bicyclic) bond motifs is 2. The number of aliphatic hydroxyl groups is 1. The number of ether oxygens (including phenoxy) is 2. The first kappa shape index (κ1) is 60.4. The highest BCUT2D eigenvalue weighted by molar-refractivity contribution is 5.87. The Bertz CT molecular complexity index is 2890. The molecule has 7 rings (SSSR count). The van der Waals surface area contributed by atoms with Gasteiger partial charge in [0.05, 0.1) is 55.5 Å². The molecule has 2 unspecified atom stereocenters. The summed E-state index contributed by atoms with van der Waals surface area (Å²) in [5, 5.41) is 31.0. The number of aliphatic hydroxyl groups excluding tert-OH is 1. The van der Waals surface area contributed by atoms with E-state index >= 15 is 8.78 Å². The molecule has 3 aliphatic rings. The highest BCUT2D eigenvalue weighted by atomic mass is 19.4. The molecule has 0 radical (unpaired) electrons. The van der Waals surface area contributed by atoms with Crippen LogP contribution in [0.1, 0.15) is 69.3 Å². The van der Waals surface area contributed by atoms with E-state index in [1.54, 1.807) is 6.20 Å². The highest BCUT2D eigenvalue weighted by Crippen LogP contribution is 2.42. The molecule has 2 bridgehead atoms. The Balaban J connectivity index is 1.18. The Morgan fingerprint density at radius 3 is 1.88 bits per heavy atom. The molecule has 6 atom stereocenters. The number of methoxy groups -OCH3 is 1. The quantitative estimate of drug-likeness (QED) is 0.0335. The number of piperazine rings is 1. The molecular formula is C52H58F10N10O8. The zero-order valence-electron chi connectivity index (χ0n) is 43.6. The second-order valence-corrected chi connectivity index (χ2v) is 20.8. The number of alkyl halides is 8. The second-order valence-electron chi connectivity index (χ2n) is 20.8. The fourth-order valence-corrected chi connectivity index (χ4v) is 9.53. The number of likely N-dealkylation sites (tertiary alicyclic amines) is 1. The van der Waals surface area contributed by atoms with Gasteiger partial charge >= 0.3 is 31.1 Å². The van der Waals surface area contributed by atoms with Crippen LogP contribution >= 0.6 is 0 Å². The minimum Gasteiger partial charge on any atom is -0.465 e. The summed E-state index contributed by atoms with van der Waals surface area (Å²) in [5.74, 6) is 0.674. The van der Waals surface area contributed by atoms with Crippen molar-refractivity contribution in [2.75, 3.05) is 44.9 Å². The van der Waals surface area contributed by atoms with Crippen molar-refractivity contribution in [2.24, 2.45) is 10.8 Å². The smallest absolute Gasteiger partial charge is 0.407 e. The number of pyridine rings is 1. The lowest BCUT2D eigenvalue weighted by Gasteiger charge is -2.47. The lowest BCUT2D eigenvalue weighted by Crippen LogP contribution is -2.63. The summed E-state index contributed by atoms with van der Waals surface area (Å²) in [6.07, 6.45) is -11.3. The van der Waals surface area contributed by atoms with Gasteiger partial charge in [0.15, 0.2) is 0 Å². The molecule has 4 amide bonds. The predicted molar refractivity (Wildman–Crippen MR) is 265 cm³/mol. The van der Waals surface area contributed by atoms with Gasteiger partial charge in [0.1, 0.15) is 29.5 Å². The van der Waals surface area contributed by atoms with Crippen molar-refractivity contribution in [2.45, 2.75) is 115 Å². The molecule has 0 aliphatic carbocycles. The van der Waals surface area contributed by atoms with Crippen LogP contribution in [0.4, 0.5) is 59.3 Å². The third-order valence-corrected chi connectivity index (χ3v) is 14.7. The monoisotopic (exact) mass is 1140 g/mol. The number of hydrazine groups is 1. The molecule has 3 fully saturated rings. The van der Waals surface area contributed by atoms with Crippen LogP contribution in [-0.4, -0.2) is 154 Å². The molecule has 6 N–H and O–H groups in total. The Morgan fingerprint density at radius 1 is 0.800 bits per heavy atom. The van der Waals surface area contributed by atoms with E-state index in [-0.39, 0.29) is 21.4 Å². The van der Waals surface area contributed by atoms with Crippen LogP contribution in [0, 0.1) is 34.3 Å². The average molecular weight is 1140 g/mol. The van der Waals surface area contributed by atoms with Gasteiger partial charge in [-0.2, -0.15) is 40.2 Å². The van der Waals surface area contributed by atoms with Gasteiger partial charge in [0.2, 0.25) is 5.91 Å². The number of rotatable bonds is 19. The van der Waals surface area contributed by atoms with Crippen molar-refractivity contribution in [3.63, 3.8) is 0 Å². The number of nitrogens with zero attached hydrogens (tertiary/aromatic N) is 6.